The minimum atomic E-state index is -0.0655. The third kappa shape index (κ3) is 5.21. The molecule has 0 aliphatic carbocycles. The van der Waals surface area contributed by atoms with Gasteiger partial charge in [0.2, 0.25) is 0 Å². The van der Waals surface area contributed by atoms with Gasteiger partial charge in [0, 0.05) is 25.1 Å². The van der Waals surface area contributed by atoms with Crippen LogP contribution in [0.2, 0.25) is 0 Å². The smallest absolute Gasteiger partial charge is 0.318 e. The number of carbonyl (C=O) groups excluding carboxylic acids is 1. The first kappa shape index (κ1) is 15.5. The van der Waals surface area contributed by atoms with Gasteiger partial charge in [-0.05, 0) is 17.0 Å². The zero-order chi connectivity index (χ0) is 14.9. The van der Waals surface area contributed by atoms with Crippen molar-refractivity contribution >= 4 is 17.4 Å². The fourth-order valence-corrected chi connectivity index (χ4v) is 2.65. The van der Waals surface area contributed by atoms with E-state index in [9.17, 15) is 4.79 Å². The average molecular weight is 304 g/mol. The van der Waals surface area contributed by atoms with Gasteiger partial charge in [0.1, 0.15) is 0 Å². The molecule has 0 atom stereocenters. The molecule has 0 spiro atoms. The maximum atomic E-state index is 12.3. The van der Waals surface area contributed by atoms with Crippen molar-refractivity contribution in [2.75, 3.05) is 20.3 Å². The number of hydrogen-bond acceptors (Lipinski definition) is 3. The third-order valence-electron chi connectivity index (χ3n) is 3.07. The van der Waals surface area contributed by atoms with Crippen molar-refractivity contribution < 1.29 is 9.53 Å². The SMILES string of the molecule is COCCN(Cc1cccs1)C(=O)NCc1ccccc1. The van der Waals surface area contributed by atoms with Crippen LogP contribution in [0.4, 0.5) is 4.79 Å². The first-order valence-corrected chi connectivity index (χ1v) is 7.75. The van der Waals surface area contributed by atoms with Crippen LogP contribution in [0.5, 0.6) is 0 Å². The van der Waals surface area contributed by atoms with Gasteiger partial charge in [0.05, 0.1) is 13.2 Å². The van der Waals surface area contributed by atoms with Gasteiger partial charge in [-0.25, -0.2) is 4.79 Å². The summed E-state index contributed by atoms with van der Waals surface area (Å²) in [5.41, 5.74) is 1.09. The number of nitrogens with zero attached hydrogens (tertiary/aromatic N) is 1. The van der Waals surface area contributed by atoms with Gasteiger partial charge in [-0.15, -0.1) is 11.3 Å². The molecular formula is C16H20N2O2S. The monoisotopic (exact) mass is 304 g/mol. The van der Waals surface area contributed by atoms with E-state index in [1.807, 2.05) is 47.8 Å². The van der Waals surface area contributed by atoms with Crippen LogP contribution in [-0.2, 0) is 17.8 Å². The number of amides is 2. The summed E-state index contributed by atoms with van der Waals surface area (Å²) in [6.07, 6.45) is 0. The van der Waals surface area contributed by atoms with Crippen LogP contribution in [0.3, 0.4) is 0 Å². The highest BCUT2D eigenvalue weighted by Crippen LogP contribution is 2.12. The molecule has 112 valence electrons. The fourth-order valence-electron chi connectivity index (χ4n) is 1.93. The van der Waals surface area contributed by atoms with E-state index in [4.69, 9.17) is 4.74 Å². The van der Waals surface area contributed by atoms with Crippen LogP contribution in [0.1, 0.15) is 10.4 Å². The van der Waals surface area contributed by atoms with Crippen LogP contribution in [0.25, 0.3) is 0 Å². The van der Waals surface area contributed by atoms with Gasteiger partial charge in [0.25, 0.3) is 0 Å². The van der Waals surface area contributed by atoms with E-state index >= 15 is 0 Å². The van der Waals surface area contributed by atoms with E-state index in [2.05, 4.69) is 5.32 Å². The van der Waals surface area contributed by atoms with E-state index in [1.165, 1.54) is 4.88 Å². The lowest BCUT2D eigenvalue weighted by Gasteiger charge is -2.22. The van der Waals surface area contributed by atoms with Crippen molar-refractivity contribution in [2.45, 2.75) is 13.1 Å². The predicted molar refractivity (Wildman–Crippen MR) is 85.3 cm³/mol. The van der Waals surface area contributed by atoms with Crippen LogP contribution in [0, 0.1) is 0 Å². The highest BCUT2D eigenvalue weighted by Gasteiger charge is 2.13. The van der Waals surface area contributed by atoms with Gasteiger partial charge in [-0.1, -0.05) is 36.4 Å². The summed E-state index contributed by atoms with van der Waals surface area (Å²) in [5, 5.41) is 4.98. The van der Waals surface area contributed by atoms with E-state index < -0.39 is 0 Å². The Balaban J connectivity index is 1.90. The Morgan fingerprint density at radius 1 is 1.24 bits per heavy atom. The summed E-state index contributed by atoms with van der Waals surface area (Å²) in [6, 6.07) is 13.9. The fraction of sp³-hybridized carbons (Fsp3) is 0.312. The topological polar surface area (TPSA) is 41.6 Å². The zero-order valence-electron chi connectivity index (χ0n) is 12.1. The molecule has 4 nitrogen and oxygen atoms in total. The quantitative estimate of drug-likeness (QED) is 0.854. The maximum Gasteiger partial charge on any atom is 0.318 e. The summed E-state index contributed by atoms with van der Waals surface area (Å²) in [5.74, 6) is 0. The standard InChI is InChI=1S/C16H20N2O2S/c1-20-10-9-18(13-15-8-5-11-21-15)16(19)17-12-14-6-3-2-4-7-14/h2-8,11H,9-10,12-13H2,1H3,(H,17,19). The number of rotatable bonds is 7. The molecule has 0 saturated carbocycles. The van der Waals surface area contributed by atoms with Crippen molar-refractivity contribution in [3.63, 3.8) is 0 Å². The molecule has 0 bridgehead atoms. The normalized spacial score (nSPS) is 10.3. The molecule has 1 aromatic heterocycles. The van der Waals surface area contributed by atoms with Crippen LogP contribution >= 0.6 is 11.3 Å². The van der Waals surface area contributed by atoms with E-state index in [1.54, 1.807) is 23.3 Å². The first-order valence-electron chi connectivity index (χ1n) is 6.87. The van der Waals surface area contributed by atoms with Gasteiger partial charge >= 0.3 is 6.03 Å². The lowest BCUT2D eigenvalue weighted by atomic mass is 10.2. The molecular weight excluding hydrogens is 284 g/mol. The molecule has 0 saturated heterocycles. The minimum Gasteiger partial charge on any atom is -0.383 e. The second-order valence-electron chi connectivity index (χ2n) is 4.64. The summed E-state index contributed by atoms with van der Waals surface area (Å²) in [7, 11) is 1.64. The number of hydrogen-bond donors (Lipinski definition) is 1. The molecule has 0 aliphatic rings. The largest absolute Gasteiger partial charge is 0.383 e. The Morgan fingerprint density at radius 2 is 2.05 bits per heavy atom. The van der Waals surface area contributed by atoms with Crippen molar-refractivity contribution in [1.82, 2.24) is 10.2 Å². The Labute approximate surface area is 129 Å². The number of thiophene rings is 1. The molecule has 1 N–H and O–H groups in total. The third-order valence-corrected chi connectivity index (χ3v) is 3.93. The average Bonchev–Trinajstić information content (AvgIpc) is 3.03. The van der Waals surface area contributed by atoms with E-state index in [-0.39, 0.29) is 6.03 Å². The van der Waals surface area contributed by atoms with Crippen LogP contribution in [0.15, 0.2) is 47.8 Å². The number of carbonyl (C=O) groups is 1. The second-order valence-corrected chi connectivity index (χ2v) is 5.67. The predicted octanol–water partition coefficient (Wildman–Crippen LogP) is 3.11. The Hall–Kier alpha value is -1.85. The van der Waals surface area contributed by atoms with E-state index in [0.717, 1.165) is 5.56 Å². The Bertz CT molecular complexity index is 528. The molecule has 0 unspecified atom stereocenters. The maximum absolute atomic E-state index is 12.3. The number of ether oxygens (including phenoxy) is 1. The van der Waals surface area contributed by atoms with Crippen LogP contribution < -0.4 is 5.32 Å². The zero-order valence-corrected chi connectivity index (χ0v) is 12.9. The number of nitrogens with one attached hydrogen (secondary N) is 1. The number of methoxy groups -OCH3 is 1. The molecule has 1 aromatic carbocycles. The molecule has 21 heavy (non-hydrogen) atoms. The van der Waals surface area contributed by atoms with E-state index in [0.29, 0.717) is 26.2 Å². The van der Waals surface area contributed by atoms with Crippen molar-refractivity contribution in [3.05, 3.63) is 58.3 Å². The lowest BCUT2D eigenvalue weighted by molar-refractivity contribution is 0.146. The van der Waals surface area contributed by atoms with Crippen molar-refractivity contribution in [2.24, 2.45) is 0 Å². The number of benzene rings is 1. The van der Waals surface area contributed by atoms with Crippen molar-refractivity contribution in [3.8, 4) is 0 Å². The van der Waals surface area contributed by atoms with Crippen molar-refractivity contribution in [1.29, 1.82) is 0 Å². The summed E-state index contributed by atoms with van der Waals surface area (Å²) < 4.78 is 5.09. The highest BCUT2D eigenvalue weighted by molar-refractivity contribution is 7.09. The molecule has 5 heteroatoms. The second kappa shape index (κ2) is 8.44. The Morgan fingerprint density at radius 3 is 2.71 bits per heavy atom. The molecule has 1 heterocycles. The minimum absolute atomic E-state index is 0.0655. The molecule has 2 amide bonds. The highest BCUT2D eigenvalue weighted by atomic mass is 32.1. The number of urea groups is 1. The molecule has 2 aromatic rings. The Kier molecular flexibility index (Phi) is 6.24. The first-order chi connectivity index (χ1) is 10.3. The van der Waals surface area contributed by atoms with Gasteiger partial charge in [0.15, 0.2) is 0 Å². The lowest BCUT2D eigenvalue weighted by Crippen LogP contribution is -2.40. The molecule has 0 fully saturated rings. The summed E-state index contributed by atoms with van der Waals surface area (Å²) in [6.45, 7) is 2.26. The molecule has 2 rings (SSSR count). The van der Waals surface area contributed by atoms with Gasteiger partial charge < -0.3 is 15.0 Å². The van der Waals surface area contributed by atoms with Gasteiger partial charge in [-0.3, -0.25) is 0 Å². The summed E-state index contributed by atoms with van der Waals surface area (Å²) >= 11 is 1.65. The summed E-state index contributed by atoms with van der Waals surface area (Å²) in [4.78, 5) is 15.3. The molecule has 0 aliphatic heterocycles. The van der Waals surface area contributed by atoms with Gasteiger partial charge in [-0.2, -0.15) is 0 Å². The van der Waals surface area contributed by atoms with Crippen LogP contribution in [-0.4, -0.2) is 31.2 Å². The molecule has 0 radical (unpaired) electrons.